The summed E-state index contributed by atoms with van der Waals surface area (Å²) >= 11 is 1.05. The minimum absolute atomic E-state index is 0.0418. The van der Waals surface area contributed by atoms with Crippen LogP contribution in [0.15, 0.2) is 22.7 Å². The fourth-order valence-corrected chi connectivity index (χ4v) is 2.78. The first kappa shape index (κ1) is 14.4. The number of nitrogens with one attached hydrogen (secondary N) is 3. The molecule has 3 heterocycles. The van der Waals surface area contributed by atoms with Gasteiger partial charge in [-0.1, -0.05) is 0 Å². The van der Waals surface area contributed by atoms with E-state index in [1.807, 2.05) is 0 Å². The van der Waals surface area contributed by atoms with E-state index in [0.29, 0.717) is 16.2 Å². The number of nitrogen functional groups attached to an aromatic ring is 1. The molecule has 1 unspecified atom stereocenters. The van der Waals surface area contributed by atoms with Crippen molar-refractivity contribution in [2.45, 2.75) is 10.1 Å². The van der Waals surface area contributed by atoms with Gasteiger partial charge in [0, 0.05) is 7.05 Å². The molecule has 0 aliphatic heterocycles. The van der Waals surface area contributed by atoms with Crippen molar-refractivity contribution in [2.24, 2.45) is 0 Å². The lowest BCUT2D eigenvalue weighted by molar-refractivity contribution is -0.992. The summed E-state index contributed by atoms with van der Waals surface area (Å²) in [6, 6.07) is 0. The first-order valence-electron chi connectivity index (χ1n) is 6.00. The van der Waals surface area contributed by atoms with Gasteiger partial charge in [-0.05, 0) is 11.8 Å². The Bertz CT molecular complexity index is 821. The summed E-state index contributed by atoms with van der Waals surface area (Å²) in [6.07, 6.45) is 2.73. The van der Waals surface area contributed by atoms with Crippen LogP contribution in [0.5, 0.6) is 0 Å². The summed E-state index contributed by atoms with van der Waals surface area (Å²) in [5.74, 6) is 0.259. The van der Waals surface area contributed by atoms with Crippen LogP contribution in [0.25, 0.3) is 11.2 Å². The molecule has 0 saturated heterocycles. The second-order valence-electron chi connectivity index (χ2n) is 4.05. The number of fused-ring (bicyclic) bond motifs is 1. The van der Waals surface area contributed by atoms with Gasteiger partial charge < -0.3 is 21.2 Å². The maximum absolute atomic E-state index is 11.5. The minimum atomic E-state index is -1.14. The van der Waals surface area contributed by atoms with E-state index in [9.17, 15) is 10.4 Å². The van der Waals surface area contributed by atoms with Crippen LogP contribution >= 0.6 is 11.8 Å². The van der Waals surface area contributed by atoms with Gasteiger partial charge in [0.05, 0.1) is 6.33 Å². The van der Waals surface area contributed by atoms with Crippen LogP contribution in [0.1, 0.15) is 0 Å². The Hall–Kier alpha value is -2.54. The van der Waals surface area contributed by atoms with Crippen LogP contribution in [0.4, 0.5) is 17.5 Å². The van der Waals surface area contributed by atoms with Gasteiger partial charge in [-0.15, -0.1) is 0 Å². The third-order valence-corrected chi connectivity index (χ3v) is 3.72. The number of quaternary nitrogens is 1. The van der Waals surface area contributed by atoms with E-state index < -0.39 is 5.23 Å². The van der Waals surface area contributed by atoms with Crippen molar-refractivity contribution in [3.05, 3.63) is 17.9 Å². The molecule has 3 aromatic rings. The first-order valence-corrected chi connectivity index (χ1v) is 6.82. The fraction of sp³-hybridized carbons (Fsp3) is 0.100. The van der Waals surface area contributed by atoms with Crippen molar-refractivity contribution in [3.8, 4) is 0 Å². The molecule has 3 aromatic heterocycles. The van der Waals surface area contributed by atoms with Crippen LogP contribution in [-0.2, 0) is 0 Å². The van der Waals surface area contributed by atoms with Crippen molar-refractivity contribution in [1.29, 1.82) is 0 Å². The van der Waals surface area contributed by atoms with Gasteiger partial charge in [-0.3, -0.25) is 0 Å². The van der Waals surface area contributed by atoms with Gasteiger partial charge in [0.1, 0.15) is 16.9 Å². The highest BCUT2D eigenvalue weighted by molar-refractivity contribution is 7.99. The van der Waals surface area contributed by atoms with E-state index in [2.05, 4.69) is 35.2 Å². The molecule has 0 fully saturated rings. The molecule has 0 amide bonds. The normalized spacial score (nSPS) is 12.5. The molecule has 0 aliphatic carbocycles. The van der Waals surface area contributed by atoms with Crippen molar-refractivity contribution in [3.63, 3.8) is 0 Å². The predicted octanol–water partition coefficient (Wildman–Crippen LogP) is -0.679. The van der Waals surface area contributed by atoms with E-state index in [1.165, 1.54) is 12.7 Å². The first-order chi connectivity index (χ1) is 10.6. The largest absolute Gasteiger partial charge is 0.595 e. The third kappa shape index (κ3) is 2.50. The van der Waals surface area contributed by atoms with E-state index >= 15 is 0 Å². The van der Waals surface area contributed by atoms with Crippen LogP contribution < -0.4 is 16.3 Å². The Morgan fingerprint density at radius 2 is 2.14 bits per heavy atom. The highest BCUT2D eigenvalue weighted by Crippen LogP contribution is 2.34. The summed E-state index contributed by atoms with van der Waals surface area (Å²) < 4.78 is 0. The summed E-state index contributed by atoms with van der Waals surface area (Å²) in [5, 5.41) is 23.1. The van der Waals surface area contributed by atoms with E-state index in [0.717, 1.165) is 11.8 Å². The molecule has 114 valence electrons. The summed E-state index contributed by atoms with van der Waals surface area (Å²) in [4.78, 5) is 22.9. The summed E-state index contributed by atoms with van der Waals surface area (Å²) in [6.45, 7) is 0. The highest BCUT2D eigenvalue weighted by Gasteiger charge is 2.21. The molecule has 0 spiro atoms. The Kier molecular flexibility index (Phi) is 3.72. The molecule has 0 aromatic carbocycles. The van der Waals surface area contributed by atoms with E-state index in [4.69, 9.17) is 5.73 Å². The Morgan fingerprint density at radius 1 is 1.32 bits per heavy atom. The number of imidazole rings is 1. The SMILES string of the molecule is CNc1ncnc(Sc2nc(N)nc3nc[nH]c23)c1[NH+]([O-])O. The minimum Gasteiger partial charge on any atom is -0.595 e. The molecule has 0 saturated carbocycles. The lowest BCUT2D eigenvalue weighted by Crippen LogP contribution is -2.99. The lowest BCUT2D eigenvalue weighted by Gasteiger charge is -2.16. The van der Waals surface area contributed by atoms with Gasteiger partial charge >= 0.3 is 0 Å². The summed E-state index contributed by atoms with van der Waals surface area (Å²) in [7, 11) is 1.58. The van der Waals surface area contributed by atoms with Crippen molar-refractivity contribution < 1.29 is 10.4 Å². The second kappa shape index (κ2) is 5.69. The smallest absolute Gasteiger partial charge is 0.239 e. The number of anilines is 2. The Labute approximate surface area is 127 Å². The zero-order chi connectivity index (χ0) is 15.7. The highest BCUT2D eigenvalue weighted by atomic mass is 32.2. The van der Waals surface area contributed by atoms with E-state index in [-0.39, 0.29) is 22.5 Å². The second-order valence-corrected chi connectivity index (χ2v) is 5.03. The topological polar surface area (TPSA) is 166 Å². The average molecular weight is 321 g/mol. The Balaban J connectivity index is 2.11. The molecule has 11 nitrogen and oxygen atoms in total. The van der Waals surface area contributed by atoms with Gasteiger partial charge in [0.15, 0.2) is 16.5 Å². The van der Waals surface area contributed by atoms with Crippen molar-refractivity contribution in [2.75, 3.05) is 18.1 Å². The van der Waals surface area contributed by atoms with Gasteiger partial charge in [0.25, 0.3) is 0 Å². The van der Waals surface area contributed by atoms with Crippen LogP contribution in [0.2, 0.25) is 0 Å². The monoisotopic (exact) mass is 321 g/mol. The number of hydrogen-bond acceptors (Lipinski definition) is 10. The predicted molar refractivity (Wildman–Crippen MR) is 77.6 cm³/mol. The van der Waals surface area contributed by atoms with Crippen molar-refractivity contribution in [1.82, 2.24) is 29.9 Å². The number of aromatic nitrogens is 6. The zero-order valence-electron chi connectivity index (χ0n) is 11.2. The molecule has 22 heavy (non-hydrogen) atoms. The lowest BCUT2D eigenvalue weighted by atomic mass is 10.5. The number of nitrogens with zero attached hydrogens (tertiary/aromatic N) is 5. The molecule has 0 aliphatic rings. The zero-order valence-corrected chi connectivity index (χ0v) is 12.0. The molecular weight excluding hydrogens is 310 g/mol. The molecule has 12 heteroatoms. The standard InChI is InChI=1S/C10H11N9O2S/c1-12-7-5(19(20)21)9(16-3-15-7)22-8-4-6(14-2-13-4)17-10(11)18-8/h2-3,19-20H,1H3,(H,12,15,16)(H3,11,13,14,17,18). The number of hydrogen-bond donors (Lipinski definition) is 5. The van der Waals surface area contributed by atoms with Crippen molar-refractivity contribution >= 4 is 40.4 Å². The molecule has 0 bridgehead atoms. The maximum atomic E-state index is 11.5. The van der Waals surface area contributed by atoms with Gasteiger partial charge in [-0.25, -0.2) is 25.1 Å². The third-order valence-electron chi connectivity index (χ3n) is 2.73. The fourth-order valence-electron chi connectivity index (χ4n) is 1.82. The Morgan fingerprint density at radius 3 is 2.86 bits per heavy atom. The van der Waals surface area contributed by atoms with Gasteiger partial charge in [0.2, 0.25) is 11.6 Å². The quantitative estimate of drug-likeness (QED) is 0.307. The van der Waals surface area contributed by atoms with E-state index in [1.54, 1.807) is 7.05 Å². The van der Waals surface area contributed by atoms with Crippen LogP contribution in [0, 0.1) is 5.21 Å². The molecule has 6 N–H and O–H groups in total. The summed E-state index contributed by atoms with van der Waals surface area (Å²) in [5.41, 5.74) is 6.55. The molecule has 3 rings (SSSR count). The number of rotatable bonds is 4. The van der Waals surface area contributed by atoms with Crippen LogP contribution in [0.3, 0.4) is 0 Å². The van der Waals surface area contributed by atoms with Gasteiger partial charge in [-0.2, -0.15) is 10.2 Å². The maximum Gasteiger partial charge on any atom is 0.239 e. The van der Waals surface area contributed by atoms with Crippen LogP contribution in [-0.4, -0.2) is 42.2 Å². The molecular formula is C10H11N9O2S. The number of nitrogens with two attached hydrogens (primary N) is 1. The molecule has 0 radical (unpaired) electrons. The average Bonchev–Trinajstić information content (AvgIpc) is 2.94. The number of H-pyrrole nitrogens is 1. The number of aromatic amines is 1. The molecule has 1 atom stereocenters.